The molecule has 0 aliphatic heterocycles. The molecule has 55 valence electrons. The molecule has 3 heteroatoms. The zero-order valence-electron chi connectivity index (χ0n) is 5.78. The van der Waals surface area contributed by atoms with Crippen molar-refractivity contribution in [1.82, 2.24) is 4.98 Å². The van der Waals surface area contributed by atoms with Crippen molar-refractivity contribution in [2.45, 2.75) is 6.61 Å². The molecule has 1 radical (unpaired) electrons. The molecule has 11 heavy (non-hydrogen) atoms. The van der Waals surface area contributed by atoms with Crippen LogP contribution in [0.5, 0.6) is 0 Å². The van der Waals surface area contributed by atoms with Gasteiger partial charge in [-0.2, -0.15) is 0 Å². The molecule has 0 aliphatic carbocycles. The molecule has 0 N–H and O–H groups in total. The van der Waals surface area contributed by atoms with Gasteiger partial charge in [-0.3, -0.25) is 0 Å². The summed E-state index contributed by atoms with van der Waals surface area (Å²) < 4.78 is 1.10. The Bertz CT molecular complexity index is 336. The minimum atomic E-state index is -0.209. The van der Waals surface area contributed by atoms with Crippen molar-refractivity contribution in [3.05, 3.63) is 29.3 Å². The quantitative estimate of drug-likeness (QED) is 0.636. The fourth-order valence-corrected chi connectivity index (χ4v) is 1.80. The third-order valence-corrected chi connectivity index (χ3v) is 2.47. The van der Waals surface area contributed by atoms with Gasteiger partial charge in [-0.25, -0.2) is 10.1 Å². The molecule has 0 saturated carbocycles. The first-order valence-corrected chi connectivity index (χ1v) is 4.14. The lowest BCUT2D eigenvalue weighted by atomic mass is 10.3. The minimum absolute atomic E-state index is 0.209. The Morgan fingerprint density at radius 2 is 2.18 bits per heavy atom. The van der Waals surface area contributed by atoms with Crippen LogP contribution in [0, 0.1) is 0 Å². The van der Waals surface area contributed by atoms with Crippen LogP contribution in [0.4, 0.5) is 0 Å². The predicted molar refractivity (Wildman–Crippen MR) is 44.0 cm³/mol. The van der Waals surface area contributed by atoms with E-state index in [1.54, 1.807) is 0 Å². The highest BCUT2D eigenvalue weighted by Crippen LogP contribution is 2.20. The van der Waals surface area contributed by atoms with Crippen LogP contribution in [-0.2, 0) is 11.7 Å². The number of aromatic nitrogens is 1. The fourth-order valence-electron chi connectivity index (χ4n) is 0.982. The summed E-state index contributed by atoms with van der Waals surface area (Å²) in [6, 6.07) is 7.78. The molecular weight excluding hydrogens is 158 g/mol. The Hall–Kier alpha value is -0.930. The lowest BCUT2D eigenvalue weighted by Crippen LogP contribution is -1.75. The maximum absolute atomic E-state index is 10.4. The first-order chi connectivity index (χ1) is 5.40. The molecule has 2 aromatic rings. The van der Waals surface area contributed by atoms with Gasteiger partial charge < -0.3 is 0 Å². The standard InChI is InChI=1S/C8H6NOS/c10-5-8-9-6-3-1-2-4-7(6)11-8/h1-4H,5H2. The maximum atomic E-state index is 10.4. The van der Waals surface area contributed by atoms with Crippen LogP contribution < -0.4 is 0 Å². The summed E-state index contributed by atoms with van der Waals surface area (Å²) in [7, 11) is 0. The zero-order valence-corrected chi connectivity index (χ0v) is 6.60. The number of fused-ring (bicyclic) bond motifs is 1. The third kappa shape index (κ3) is 1.13. The van der Waals surface area contributed by atoms with Gasteiger partial charge in [-0.1, -0.05) is 12.1 Å². The van der Waals surface area contributed by atoms with Gasteiger partial charge in [-0.05, 0) is 12.1 Å². The van der Waals surface area contributed by atoms with E-state index in [2.05, 4.69) is 4.98 Å². The van der Waals surface area contributed by atoms with Crippen LogP contribution in [0.25, 0.3) is 10.2 Å². The number of thiazole rings is 1. The van der Waals surface area contributed by atoms with Crippen molar-refractivity contribution in [3.8, 4) is 0 Å². The smallest absolute Gasteiger partial charge is 0.134 e. The van der Waals surface area contributed by atoms with Crippen molar-refractivity contribution in [2.75, 3.05) is 0 Å². The number of benzene rings is 1. The highest BCUT2D eigenvalue weighted by molar-refractivity contribution is 7.18. The molecule has 2 nitrogen and oxygen atoms in total. The van der Waals surface area contributed by atoms with E-state index in [0.717, 1.165) is 10.2 Å². The Balaban J connectivity index is 2.69. The third-order valence-electron chi connectivity index (χ3n) is 1.46. The summed E-state index contributed by atoms with van der Waals surface area (Å²) >= 11 is 1.47. The Morgan fingerprint density at radius 3 is 2.91 bits per heavy atom. The monoisotopic (exact) mass is 164 g/mol. The highest BCUT2D eigenvalue weighted by Gasteiger charge is 2.00. The molecule has 0 bridgehead atoms. The zero-order chi connectivity index (χ0) is 7.68. The van der Waals surface area contributed by atoms with Crippen molar-refractivity contribution in [3.63, 3.8) is 0 Å². The van der Waals surface area contributed by atoms with Crippen molar-refractivity contribution >= 4 is 21.6 Å². The van der Waals surface area contributed by atoms with Gasteiger partial charge in [0.2, 0.25) is 0 Å². The van der Waals surface area contributed by atoms with E-state index < -0.39 is 0 Å². The number of hydrogen-bond donors (Lipinski definition) is 0. The summed E-state index contributed by atoms with van der Waals surface area (Å²) in [6.45, 7) is -0.209. The van der Waals surface area contributed by atoms with Gasteiger partial charge >= 0.3 is 0 Å². The Morgan fingerprint density at radius 1 is 1.36 bits per heavy atom. The van der Waals surface area contributed by atoms with Crippen LogP contribution in [0.3, 0.4) is 0 Å². The molecule has 0 saturated heterocycles. The summed E-state index contributed by atoms with van der Waals surface area (Å²) in [5.74, 6) is 0. The van der Waals surface area contributed by atoms with Crippen molar-refractivity contribution < 1.29 is 5.11 Å². The largest absolute Gasteiger partial charge is 0.239 e. The van der Waals surface area contributed by atoms with E-state index in [-0.39, 0.29) is 6.61 Å². The summed E-state index contributed by atoms with van der Waals surface area (Å²) in [6.07, 6.45) is 0. The molecule has 0 fully saturated rings. The number of rotatable bonds is 1. The number of para-hydroxylation sites is 1. The average Bonchev–Trinajstić information content (AvgIpc) is 2.46. The first kappa shape index (κ1) is 6.76. The van der Waals surface area contributed by atoms with Crippen LogP contribution in [0.2, 0.25) is 0 Å². The van der Waals surface area contributed by atoms with Crippen LogP contribution in [0.1, 0.15) is 5.01 Å². The molecular formula is C8H6NOS. The number of hydrogen-bond acceptors (Lipinski definition) is 2. The SMILES string of the molecule is [O]Cc1nc2ccccc2s1. The van der Waals surface area contributed by atoms with E-state index in [1.807, 2.05) is 24.3 Å². The van der Waals surface area contributed by atoms with E-state index in [1.165, 1.54) is 11.3 Å². The Labute approximate surface area is 68.1 Å². The highest BCUT2D eigenvalue weighted by atomic mass is 32.1. The first-order valence-electron chi connectivity index (χ1n) is 3.33. The Kier molecular flexibility index (Phi) is 1.60. The van der Waals surface area contributed by atoms with Crippen LogP contribution >= 0.6 is 11.3 Å². The van der Waals surface area contributed by atoms with E-state index in [4.69, 9.17) is 0 Å². The normalized spacial score (nSPS) is 10.6. The maximum Gasteiger partial charge on any atom is 0.134 e. The van der Waals surface area contributed by atoms with Gasteiger partial charge in [0.25, 0.3) is 0 Å². The van der Waals surface area contributed by atoms with Gasteiger partial charge in [0, 0.05) is 0 Å². The van der Waals surface area contributed by atoms with Crippen molar-refractivity contribution in [1.29, 1.82) is 0 Å². The summed E-state index contributed by atoms with van der Waals surface area (Å²) in [5.41, 5.74) is 0.934. The molecule has 2 rings (SSSR count). The molecule has 1 aromatic carbocycles. The van der Waals surface area contributed by atoms with Gasteiger partial charge in [0.15, 0.2) is 0 Å². The van der Waals surface area contributed by atoms with Crippen LogP contribution in [0.15, 0.2) is 24.3 Å². The fraction of sp³-hybridized carbons (Fsp3) is 0.125. The minimum Gasteiger partial charge on any atom is -0.239 e. The second-order valence-corrected chi connectivity index (χ2v) is 3.33. The number of nitrogens with zero attached hydrogens (tertiary/aromatic N) is 1. The molecule has 1 heterocycles. The second-order valence-electron chi connectivity index (χ2n) is 2.22. The lowest BCUT2D eigenvalue weighted by molar-refractivity contribution is 0.177. The molecule has 0 aliphatic rings. The lowest BCUT2D eigenvalue weighted by Gasteiger charge is -1.80. The van der Waals surface area contributed by atoms with Gasteiger partial charge in [0.1, 0.15) is 11.6 Å². The van der Waals surface area contributed by atoms with Gasteiger partial charge in [-0.15, -0.1) is 11.3 Å². The molecule has 1 aromatic heterocycles. The van der Waals surface area contributed by atoms with E-state index >= 15 is 0 Å². The van der Waals surface area contributed by atoms with E-state index in [0.29, 0.717) is 5.01 Å². The molecule has 0 unspecified atom stereocenters. The topological polar surface area (TPSA) is 32.8 Å². The van der Waals surface area contributed by atoms with Crippen molar-refractivity contribution in [2.24, 2.45) is 0 Å². The molecule has 0 atom stereocenters. The summed E-state index contributed by atoms with van der Waals surface area (Å²) in [5, 5.41) is 11.1. The average molecular weight is 164 g/mol. The van der Waals surface area contributed by atoms with Crippen LogP contribution in [-0.4, -0.2) is 4.98 Å². The predicted octanol–water partition coefficient (Wildman–Crippen LogP) is 2.23. The van der Waals surface area contributed by atoms with E-state index in [9.17, 15) is 5.11 Å². The van der Waals surface area contributed by atoms with Gasteiger partial charge in [0.05, 0.1) is 10.2 Å². The summed E-state index contributed by atoms with van der Waals surface area (Å²) in [4.78, 5) is 4.14. The second kappa shape index (κ2) is 2.60. The molecule has 0 amide bonds. The molecule has 0 spiro atoms.